The van der Waals surface area contributed by atoms with Crippen LogP contribution in [0.3, 0.4) is 0 Å². The van der Waals surface area contributed by atoms with Gasteiger partial charge in [0.25, 0.3) is 0 Å². The fraction of sp³-hybridized carbons (Fsp3) is 0.263. The van der Waals surface area contributed by atoms with Gasteiger partial charge >= 0.3 is 11.8 Å². The number of para-hydroxylation sites is 1. The number of thioether (sulfide) groups is 1. The van der Waals surface area contributed by atoms with Crippen LogP contribution in [0.4, 0.5) is 10.1 Å². The summed E-state index contributed by atoms with van der Waals surface area (Å²) in [5, 5.41) is 5.09. The molecule has 0 fully saturated rings. The predicted octanol–water partition coefficient (Wildman–Crippen LogP) is 3.16. The van der Waals surface area contributed by atoms with Gasteiger partial charge in [0.1, 0.15) is 11.4 Å². The standard InChI is InChI=1S/C19H21FN2O3S/c1-19(25-2,13-8-4-5-9-14(13)20)12-21-17(23)18(24)22-15-10-6-7-11-16(15)26-3/h4-11H,12H2,1-3H3,(H,21,23)(H,22,24)/t19-/m0/s1. The number of ether oxygens (including phenoxy) is 1. The van der Waals surface area contributed by atoms with Crippen molar-refractivity contribution in [2.75, 3.05) is 25.2 Å². The predicted molar refractivity (Wildman–Crippen MR) is 101 cm³/mol. The van der Waals surface area contributed by atoms with Crippen LogP contribution < -0.4 is 10.6 Å². The Morgan fingerprint density at radius 2 is 1.77 bits per heavy atom. The summed E-state index contributed by atoms with van der Waals surface area (Å²) in [6.45, 7) is 1.59. The topological polar surface area (TPSA) is 67.4 Å². The zero-order valence-corrected chi connectivity index (χ0v) is 15.7. The van der Waals surface area contributed by atoms with Gasteiger partial charge < -0.3 is 15.4 Å². The van der Waals surface area contributed by atoms with Crippen molar-refractivity contribution < 1.29 is 18.7 Å². The van der Waals surface area contributed by atoms with E-state index >= 15 is 0 Å². The molecule has 5 nitrogen and oxygen atoms in total. The Hall–Kier alpha value is -2.38. The second kappa shape index (κ2) is 8.82. The molecular formula is C19H21FN2O3S. The van der Waals surface area contributed by atoms with Crippen molar-refractivity contribution in [2.24, 2.45) is 0 Å². The van der Waals surface area contributed by atoms with Crippen LogP contribution in [-0.4, -0.2) is 31.7 Å². The molecule has 26 heavy (non-hydrogen) atoms. The van der Waals surface area contributed by atoms with E-state index in [2.05, 4.69) is 10.6 Å². The lowest BCUT2D eigenvalue weighted by atomic mass is 9.95. The number of rotatable bonds is 6. The minimum Gasteiger partial charge on any atom is -0.372 e. The van der Waals surface area contributed by atoms with E-state index in [4.69, 9.17) is 4.74 Å². The number of benzene rings is 2. The van der Waals surface area contributed by atoms with Crippen LogP contribution in [0.25, 0.3) is 0 Å². The summed E-state index contributed by atoms with van der Waals surface area (Å²) in [4.78, 5) is 25.1. The summed E-state index contributed by atoms with van der Waals surface area (Å²) in [5.74, 6) is -2.05. The Morgan fingerprint density at radius 1 is 1.12 bits per heavy atom. The SMILES string of the molecule is CO[C@@](C)(CNC(=O)C(=O)Nc1ccccc1SC)c1ccccc1F. The fourth-order valence-electron chi connectivity index (χ4n) is 2.42. The maximum Gasteiger partial charge on any atom is 0.313 e. The molecule has 7 heteroatoms. The molecule has 0 aromatic heterocycles. The first-order valence-electron chi connectivity index (χ1n) is 7.93. The number of amides is 2. The number of carbonyl (C=O) groups is 2. The van der Waals surface area contributed by atoms with E-state index in [1.807, 2.05) is 18.4 Å². The summed E-state index contributed by atoms with van der Waals surface area (Å²) in [6.07, 6.45) is 1.88. The van der Waals surface area contributed by atoms with Gasteiger partial charge in [0.2, 0.25) is 0 Å². The number of methoxy groups -OCH3 is 1. The zero-order chi connectivity index (χ0) is 19.2. The molecule has 2 rings (SSSR count). The Kier molecular flexibility index (Phi) is 6.76. The van der Waals surface area contributed by atoms with E-state index in [0.717, 1.165) is 4.90 Å². The van der Waals surface area contributed by atoms with Gasteiger partial charge in [0, 0.05) is 17.6 Å². The van der Waals surface area contributed by atoms with E-state index < -0.39 is 23.2 Å². The minimum atomic E-state index is -1.10. The average molecular weight is 376 g/mol. The zero-order valence-electron chi connectivity index (χ0n) is 14.8. The maximum atomic E-state index is 14.1. The highest BCUT2D eigenvalue weighted by Crippen LogP contribution is 2.26. The Bertz CT molecular complexity index is 800. The molecule has 0 aliphatic carbocycles. The molecular weight excluding hydrogens is 355 g/mol. The summed E-state index contributed by atoms with van der Waals surface area (Å²) < 4.78 is 19.5. The second-order valence-electron chi connectivity index (χ2n) is 5.75. The van der Waals surface area contributed by atoms with E-state index in [-0.39, 0.29) is 6.54 Å². The third-order valence-corrected chi connectivity index (χ3v) is 4.84. The molecule has 2 aromatic carbocycles. The molecule has 0 saturated heterocycles. The molecule has 1 atom stereocenters. The van der Waals surface area contributed by atoms with E-state index in [9.17, 15) is 14.0 Å². The summed E-state index contributed by atoms with van der Waals surface area (Å²) in [7, 11) is 1.42. The van der Waals surface area contributed by atoms with Crippen LogP contribution in [0.1, 0.15) is 12.5 Å². The van der Waals surface area contributed by atoms with Gasteiger partial charge in [-0.25, -0.2) is 4.39 Å². The molecule has 2 N–H and O–H groups in total. The van der Waals surface area contributed by atoms with E-state index in [0.29, 0.717) is 11.3 Å². The first-order valence-corrected chi connectivity index (χ1v) is 9.16. The quantitative estimate of drug-likeness (QED) is 0.600. The van der Waals surface area contributed by atoms with Crippen molar-refractivity contribution in [1.29, 1.82) is 0 Å². The Balaban J connectivity index is 2.04. The Labute approximate surface area is 156 Å². The Morgan fingerprint density at radius 3 is 2.42 bits per heavy atom. The van der Waals surface area contributed by atoms with Gasteiger partial charge in [0.05, 0.1) is 12.2 Å². The molecule has 0 radical (unpaired) electrons. The second-order valence-corrected chi connectivity index (χ2v) is 6.60. The fourth-order valence-corrected chi connectivity index (χ4v) is 2.98. The lowest BCUT2D eigenvalue weighted by Gasteiger charge is -2.29. The number of hydrogen-bond acceptors (Lipinski definition) is 4. The van der Waals surface area contributed by atoms with Gasteiger partial charge in [0.15, 0.2) is 0 Å². The molecule has 0 saturated carbocycles. The number of carbonyl (C=O) groups excluding carboxylic acids is 2. The van der Waals surface area contributed by atoms with Crippen LogP contribution in [0.5, 0.6) is 0 Å². The molecule has 2 aromatic rings. The summed E-state index contributed by atoms with van der Waals surface area (Å²) in [6, 6.07) is 13.3. The molecule has 138 valence electrons. The number of anilines is 1. The van der Waals surface area contributed by atoms with Crippen LogP contribution in [-0.2, 0) is 19.9 Å². The minimum absolute atomic E-state index is 0.0547. The van der Waals surface area contributed by atoms with Crippen molar-refractivity contribution in [3.05, 3.63) is 59.9 Å². The number of nitrogens with one attached hydrogen (secondary N) is 2. The third kappa shape index (κ3) is 4.62. The third-order valence-electron chi connectivity index (χ3n) is 4.04. The average Bonchev–Trinajstić information content (AvgIpc) is 2.66. The maximum absolute atomic E-state index is 14.1. The smallest absolute Gasteiger partial charge is 0.313 e. The van der Waals surface area contributed by atoms with Crippen LogP contribution in [0.15, 0.2) is 53.4 Å². The highest BCUT2D eigenvalue weighted by atomic mass is 32.2. The van der Waals surface area contributed by atoms with Gasteiger partial charge in [-0.3, -0.25) is 9.59 Å². The molecule has 0 bridgehead atoms. The summed E-state index contributed by atoms with van der Waals surface area (Å²) in [5.41, 5.74) is -0.238. The lowest BCUT2D eigenvalue weighted by Crippen LogP contribution is -2.44. The molecule has 0 spiro atoms. The normalized spacial score (nSPS) is 12.9. The number of halogens is 1. The lowest BCUT2D eigenvalue weighted by molar-refractivity contribution is -0.137. The van der Waals surface area contributed by atoms with Gasteiger partial charge in [-0.05, 0) is 31.4 Å². The first kappa shape index (κ1) is 19.9. The monoisotopic (exact) mass is 376 g/mol. The molecule has 0 heterocycles. The summed E-state index contributed by atoms with van der Waals surface area (Å²) >= 11 is 1.46. The van der Waals surface area contributed by atoms with Crippen molar-refractivity contribution in [3.63, 3.8) is 0 Å². The van der Waals surface area contributed by atoms with Crippen molar-refractivity contribution in [2.45, 2.75) is 17.4 Å². The molecule has 0 aliphatic heterocycles. The van der Waals surface area contributed by atoms with Crippen LogP contribution >= 0.6 is 11.8 Å². The highest BCUT2D eigenvalue weighted by molar-refractivity contribution is 7.98. The first-order chi connectivity index (χ1) is 12.4. The molecule has 0 aliphatic rings. The van der Waals surface area contributed by atoms with Gasteiger partial charge in [-0.2, -0.15) is 0 Å². The largest absolute Gasteiger partial charge is 0.372 e. The highest BCUT2D eigenvalue weighted by Gasteiger charge is 2.30. The van der Waals surface area contributed by atoms with Crippen LogP contribution in [0.2, 0.25) is 0 Å². The van der Waals surface area contributed by atoms with Crippen molar-refractivity contribution in [3.8, 4) is 0 Å². The van der Waals surface area contributed by atoms with Crippen molar-refractivity contribution >= 4 is 29.3 Å². The van der Waals surface area contributed by atoms with Gasteiger partial charge in [-0.15, -0.1) is 11.8 Å². The van der Waals surface area contributed by atoms with Crippen LogP contribution in [0, 0.1) is 5.82 Å². The van der Waals surface area contributed by atoms with E-state index in [1.54, 1.807) is 37.3 Å². The van der Waals surface area contributed by atoms with E-state index in [1.165, 1.54) is 24.9 Å². The number of hydrogen-bond donors (Lipinski definition) is 2. The van der Waals surface area contributed by atoms with Gasteiger partial charge in [-0.1, -0.05) is 30.3 Å². The molecule has 2 amide bonds. The van der Waals surface area contributed by atoms with Crippen molar-refractivity contribution in [1.82, 2.24) is 5.32 Å². The molecule has 0 unspecified atom stereocenters.